The Morgan fingerprint density at radius 3 is 2.07 bits per heavy atom. The minimum absolute atomic E-state index is 0.000457. The van der Waals surface area contributed by atoms with E-state index >= 15 is 0 Å². The van der Waals surface area contributed by atoms with Gasteiger partial charge < -0.3 is 17.2 Å². The molecule has 46 heavy (non-hydrogen) atoms. The molecule has 0 saturated carbocycles. The first-order valence-corrected chi connectivity index (χ1v) is 15.5. The Morgan fingerprint density at radius 1 is 1.04 bits per heavy atom. The van der Waals surface area contributed by atoms with Crippen LogP contribution in [0.2, 0.25) is 0 Å². The largest absolute Gasteiger partial charge is 0.458 e. The average molecular weight is 713 g/mol. The number of benzene rings is 2. The lowest BCUT2D eigenvalue weighted by Gasteiger charge is -2.11. The van der Waals surface area contributed by atoms with Gasteiger partial charge in [-0.3, -0.25) is 25.1 Å². The molecule has 0 aliphatic carbocycles. The number of hydrogen-bond acceptors (Lipinski definition) is 11. The zero-order valence-corrected chi connectivity index (χ0v) is 25.8. The zero-order valence-electron chi connectivity index (χ0n) is 23.3. The molecule has 0 aliphatic rings. The molecule has 0 fully saturated rings. The molecular weight excluding hydrogens is 691 g/mol. The van der Waals surface area contributed by atoms with Gasteiger partial charge in [-0.1, -0.05) is 12.1 Å². The highest BCUT2D eigenvalue weighted by Gasteiger charge is 2.54. The van der Waals surface area contributed by atoms with Gasteiger partial charge in [0.25, 0.3) is 5.69 Å². The van der Waals surface area contributed by atoms with Gasteiger partial charge in [0.05, 0.1) is 41.6 Å². The molecule has 3 aromatic rings. The second kappa shape index (κ2) is 14.4. The van der Waals surface area contributed by atoms with Crippen molar-refractivity contribution in [3.05, 3.63) is 63.0 Å². The lowest BCUT2D eigenvalue weighted by molar-refractivity contribution is -0.384. The van der Waals surface area contributed by atoms with Crippen LogP contribution in [0.1, 0.15) is 10.4 Å². The molecule has 0 bridgehead atoms. The second-order valence-corrected chi connectivity index (χ2v) is 12.8. The molecule has 0 atom stereocenters. The molecule has 12 nitrogen and oxygen atoms in total. The fraction of sp³-hybridized carbons (Fsp3) is 0.200. The maximum absolute atomic E-state index is 13.4. The Kier molecular flexibility index (Phi) is 11.8. The van der Waals surface area contributed by atoms with Crippen molar-refractivity contribution >= 4 is 67.5 Å². The minimum Gasteiger partial charge on any atom is -0.386 e. The third-order valence-corrected chi connectivity index (χ3v) is 9.88. The van der Waals surface area contributed by atoms with E-state index in [1.807, 2.05) is 0 Å². The zero-order chi connectivity index (χ0) is 35.4. The molecule has 0 radical (unpaired) electrons. The summed E-state index contributed by atoms with van der Waals surface area (Å²) >= 11 is 2.36. The average Bonchev–Trinajstić information content (AvgIpc) is 3.41. The van der Waals surface area contributed by atoms with Crippen LogP contribution >= 0.6 is 23.1 Å². The number of thiophene rings is 1. The van der Waals surface area contributed by atoms with Crippen molar-refractivity contribution in [1.29, 1.82) is 5.41 Å². The number of ketones is 2. The van der Waals surface area contributed by atoms with E-state index in [1.54, 1.807) is 25.3 Å². The van der Waals surface area contributed by atoms with E-state index in [-0.39, 0.29) is 44.9 Å². The molecule has 2 aromatic carbocycles. The number of rotatable bonds is 9. The molecule has 0 unspecified atom stereocenters. The second-order valence-electron chi connectivity index (χ2n) is 8.79. The normalized spacial score (nSPS) is 12.2. The van der Waals surface area contributed by atoms with Gasteiger partial charge in [-0.2, -0.15) is 26.3 Å². The van der Waals surface area contributed by atoms with Crippen molar-refractivity contribution in [1.82, 2.24) is 0 Å². The first-order valence-electron chi connectivity index (χ1n) is 12.0. The third kappa shape index (κ3) is 8.89. The number of nitrogen functional groups attached to an aromatic ring is 1. The van der Waals surface area contributed by atoms with Crippen LogP contribution in [0.5, 0.6) is 0 Å². The number of aliphatic imine (C=N–C) groups is 1. The van der Waals surface area contributed by atoms with Crippen LogP contribution in [0, 0.1) is 22.4 Å². The van der Waals surface area contributed by atoms with E-state index in [2.05, 4.69) is 4.99 Å². The number of nitro groups is 1. The van der Waals surface area contributed by atoms with Crippen LogP contribution in [0.4, 0.5) is 37.7 Å². The van der Waals surface area contributed by atoms with Crippen LogP contribution in [0.15, 0.2) is 61.5 Å². The van der Waals surface area contributed by atoms with Crippen molar-refractivity contribution in [2.75, 3.05) is 12.8 Å². The van der Waals surface area contributed by atoms with Gasteiger partial charge >= 0.3 is 23.9 Å². The van der Waals surface area contributed by atoms with Crippen LogP contribution in [-0.2, 0) is 19.4 Å². The van der Waals surface area contributed by atoms with Gasteiger partial charge in [-0.15, -0.1) is 23.1 Å². The van der Waals surface area contributed by atoms with E-state index < -0.39 is 38.7 Å². The van der Waals surface area contributed by atoms with Gasteiger partial charge in [0.2, 0.25) is 9.84 Å². The number of aryl methyl sites for hydroxylation is 1. The molecule has 1 aromatic heterocycles. The highest BCUT2D eigenvalue weighted by atomic mass is 32.2. The number of carbonyl (C=O) groups excluding carboxylic acids is 2. The van der Waals surface area contributed by atoms with E-state index in [9.17, 15) is 54.5 Å². The number of alkyl halides is 6. The summed E-state index contributed by atoms with van der Waals surface area (Å²) in [6.07, 6.45) is -9.81. The van der Waals surface area contributed by atoms with E-state index in [0.29, 0.717) is 20.2 Å². The van der Waals surface area contributed by atoms with E-state index in [4.69, 9.17) is 22.6 Å². The molecule has 0 amide bonds. The summed E-state index contributed by atoms with van der Waals surface area (Å²) in [6, 6.07) is 10.2. The predicted molar refractivity (Wildman–Crippen MR) is 158 cm³/mol. The highest BCUT2D eigenvalue weighted by Crippen LogP contribution is 2.40. The number of amidine groups is 2. The van der Waals surface area contributed by atoms with E-state index in [0.717, 1.165) is 11.3 Å². The number of sulfone groups is 1. The Hall–Kier alpha value is -4.34. The quantitative estimate of drug-likeness (QED) is 0.0456. The fourth-order valence-corrected chi connectivity index (χ4v) is 7.47. The standard InChI is InChI=1S/C21H22N6O4S3.C4F6O2/c1-11-6-13(26-18(23)10-22)8-15(27(28)29)19(11)12-4-3-5-14(7-12)34(30,31)17-9-16(20(24)25)33-21(17)32-2;5-3(6,7)1(11)2(12)4(8,9)10/h3-9H,10,22H2,1-2H3,(H2,23,26)(H3,24,25);. The predicted octanol–water partition coefficient (Wildman–Crippen LogP) is 4.67. The highest BCUT2D eigenvalue weighted by molar-refractivity contribution is 8.01. The Bertz CT molecular complexity index is 1810. The maximum Gasteiger partial charge on any atom is 0.458 e. The van der Waals surface area contributed by atoms with Gasteiger partial charge in [-0.05, 0) is 48.6 Å². The van der Waals surface area contributed by atoms with E-state index in [1.165, 1.54) is 42.1 Å². The molecule has 0 saturated heterocycles. The van der Waals surface area contributed by atoms with Gasteiger partial charge in [0.15, 0.2) is 0 Å². The van der Waals surface area contributed by atoms with Crippen LogP contribution in [0.3, 0.4) is 0 Å². The summed E-state index contributed by atoms with van der Waals surface area (Å²) in [7, 11) is -3.98. The summed E-state index contributed by atoms with van der Waals surface area (Å²) in [5.41, 5.74) is 17.9. The first-order chi connectivity index (χ1) is 21.1. The molecule has 7 N–H and O–H groups in total. The monoisotopic (exact) mass is 712 g/mol. The Morgan fingerprint density at radius 2 is 1.61 bits per heavy atom. The number of carbonyl (C=O) groups is 2. The van der Waals surface area contributed by atoms with Crippen LogP contribution < -0.4 is 17.2 Å². The van der Waals surface area contributed by atoms with Gasteiger partial charge in [0, 0.05) is 6.07 Å². The SMILES string of the molecule is CSc1sc(C(=N)N)cc1S(=O)(=O)c1cccc(-c2c(C)cc(N=C(N)CN)cc2[N+](=O)[O-])c1.O=C(C(=O)C(F)(F)F)C(F)(F)F. The van der Waals surface area contributed by atoms with Crippen molar-refractivity contribution in [3.8, 4) is 11.1 Å². The van der Waals surface area contributed by atoms with Gasteiger partial charge in [0.1, 0.15) is 11.7 Å². The molecule has 0 spiro atoms. The summed E-state index contributed by atoms with van der Waals surface area (Å²) < 4.78 is 94.4. The number of Topliss-reactive ketones (excluding diaryl/α,β-unsaturated/α-hetero) is 2. The van der Waals surface area contributed by atoms with Gasteiger partial charge in [-0.25, -0.2) is 13.4 Å². The molecular formula is C25H22F6N6O6S3. The summed E-state index contributed by atoms with van der Waals surface area (Å²) in [5.74, 6) is -6.91. The minimum atomic E-state index is -5.77. The lowest BCUT2D eigenvalue weighted by atomic mass is 9.98. The first kappa shape index (κ1) is 37.8. The number of nitro benzene ring substituents is 1. The topological polar surface area (TPSA) is 226 Å². The lowest BCUT2D eigenvalue weighted by Crippen LogP contribution is -2.39. The summed E-state index contributed by atoms with van der Waals surface area (Å²) in [6.45, 7) is 1.67. The number of halogens is 6. The van der Waals surface area contributed by atoms with Crippen LogP contribution in [0.25, 0.3) is 11.1 Å². The van der Waals surface area contributed by atoms with Crippen LogP contribution in [-0.4, -0.2) is 61.7 Å². The number of thioether (sulfide) groups is 1. The summed E-state index contributed by atoms with van der Waals surface area (Å²) in [4.78, 5) is 35.0. The number of nitrogens with two attached hydrogens (primary N) is 3. The summed E-state index contributed by atoms with van der Waals surface area (Å²) in [5, 5.41) is 19.5. The Labute approximate surface area is 264 Å². The van der Waals surface area contributed by atoms with Crippen molar-refractivity contribution in [2.45, 2.75) is 33.3 Å². The Balaban J connectivity index is 0.000000521. The molecule has 3 rings (SSSR count). The fourth-order valence-electron chi connectivity index (χ4n) is 3.57. The number of hydrogen-bond donors (Lipinski definition) is 4. The van der Waals surface area contributed by atoms with Crippen molar-refractivity contribution in [3.63, 3.8) is 0 Å². The molecule has 248 valence electrons. The number of nitrogens with one attached hydrogen (secondary N) is 1. The molecule has 0 aliphatic heterocycles. The molecule has 21 heteroatoms. The van der Waals surface area contributed by atoms with Crippen molar-refractivity contribution in [2.24, 2.45) is 22.2 Å². The maximum atomic E-state index is 13.4. The smallest absolute Gasteiger partial charge is 0.386 e. The van der Waals surface area contributed by atoms with Crippen molar-refractivity contribution < 1.29 is 49.3 Å². The third-order valence-electron chi connectivity index (χ3n) is 5.54. The number of nitrogens with zero attached hydrogens (tertiary/aromatic N) is 2. The molecule has 1 heterocycles.